The highest BCUT2D eigenvalue weighted by Crippen LogP contribution is 2.30. The fourth-order valence-electron chi connectivity index (χ4n) is 3.75. The van der Waals surface area contributed by atoms with Crippen LogP contribution in [0.1, 0.15) is 10.4 Å². The van der Waals surface area contributed by atoms with Gasteiger partial charge in [-0.2, -0.15) is 0 Å². The van der Waals surface area contributed by atoms with Crippen LogP contribution >= 0.6 is 0 Å². The summed E-state index contributed by atoms with van der Waals surface area (Å²) in [6.07, 6.45) is 3.40. The van der Waals surface area contributed by atoms with E-state index in [1.165, 1.54) is 0 Å². The first-order valence-corrected chi connectivity index (χ1v) is 9.96. The number of hydrogen-bond donors (Lipinski definition) is 0. The average Bonchev–Trinajstić information content (AvgIpc) is 2.84. The molecule has 4 rings (SSSR count). The molecule has 0 unspecified atom stereocenters. The number of carbonyl (C=O) groups is 1. The van der Waals surface area contributed by atoms with Gasteiger partial charge in [0.2, 0.25) is 0 Å². The number of anilines is 1. The molecule has 30 heavy (non-hydrogen) atoms. The summed E-state index contributed by atoms with van der Waals surface area (Å²) < 4.78 is 10.8. The van der Waals surface area contributed by atoms with Crippen molar-refractivity contribution >= 4 is 11.6 Å². The maximum atomic E-state index is 13.3. The molecule has 2 aromatic carbocycles. The smallest absolute Gasteiger partial charge is 0.256 e. The van der Waals surface area contributed by atoms with Gasteiger partial charge in [-0.15, -0.1) is 0 Å². The van der Waals surface area contributed by atoms with Crippen LogP contribution in [-0.4, -0.2) is 56.2 Å². The average molecular weight is 403 g/mol. The number of nitrogens with zero attached hydrogens (tertiary/aromatic N) is 3. The zero-order chi connectivity index (χ0) is 20.9. The summed E-state index contributed by atoms with van der Waals surface area (Å²) >= 11 is 0. The Morgan fingerprint density at radius 2 is 1.57 bits per heavy atom. The third kappa shape index (κ3) is 4.08. The second kappa shape index (κ2) is 8.86. The first-order chi connectivity index (χ1) is 14.7. The maximum Gasteiger partial charge on any atom is 0.256 e. The lowest BCUT2D eigenvalue weighted by Gasteiger charge is -2.36. The number of hydrogen-bond acceptors (Lipinski definition) is 5. The lowest BCUT2D eigenvalue weighted by molar-refractivity contribution is 0.0747. The van der Waals surface area contributed by atoms with Crippen molar-refractivity contribution in [3.05, 3.63) is 72.6 Å². The van der Waals surface area contributed by atoms with Crippen molar-refractivity contribution in [2.75, 3.05) is 45.3 Å². The van der Waals surface area contributed by atoms with E-state index >= 15 is 0 Å². The van der Waals surface area contributed by atoms with Gasteiger partial charge in [-0.3, -0.25) is 9.78 Å². The highest BCUT2D eigenvalue weighted by atomic mass is 16.5. The van der Waals surface area contributed by atoms with E-state index in [0.717, 1.165) is 41.4 Å². The normalized spacial score (nSPS) is 13.8. The molecule has 0 spiro atoms. The molecule has 1 aliphatic heterocycles. The maximum absolute atomic E-state index is 13.3. The molecule has 6 nitrogen and oxygen atoms in total. The summed E-state index contributed by atoms with van der Waals surface area (Å²) in [5, 5.41) is 0. The lowest BCUT2D eigenvalue weighted by Crippen LogP contribution is -2.48. The van der Waals surface area contributed by atoms with Gasteiger partial charge in [0.1, 0.15) is 11.5 Å². The van der Waals surface area contributed by atoms with Gasteiger partial charge in [0.15, 0.2) is 0 Å². The molecule has 1 saturated heterocycles. The van der Waals surface area contributed by atoms with Gasteiger partial charge in [0.25, 0.3) is 5.91 Å². The second-order valence-electron chi connectivity index (χ2n) is 7.14. The van der Waals surface area contributed by atoms with Crippen LogP contribution < -0.4 is 14.4 Å². The van der Waals surface area contributed by atoms with E-state index in [9.17, 15) is 4.79 Å². The third-order valence-electron chi connectivity index (χ3n) is 5.40. The highest BCUT2D eigenvalue weighted by molar-refractivity contribution is 6.00. The lowest BCUT2D eigenvalue weighted by atomic mass is 10.0. The molecule has 0 N–H and O–H groups in total. The van der Waals surface area contributed by atoms with Gasteiger partial charge in [0.05, 0.1) is 19.8 Å². The van der Waals surface area contributed by atoms with Crippen molar-refractivity contribution in [3.8, 4) is 22.6 Å². The van der Waals surface area contributed by atoms with Crippen molar-refractivity contribution in [1.82, 2.24) is 9.88 Å². The van der Waals surface area contributed by atoms with Crippen LogP contribution in [0.2, 0.25) is 0 Å². The minimum absolute atomic E-state index is 0.0184. The van der Waals surface area contributed by atoms with E-state index < -0.39 is 0 Å². The molecule has 154 valence electrons. The van der Waals surface area contributed by atoms with Crippen LogP contribution in [0.25, 0.3) is 11.1 Å². The molecule has 1 aromatic heterocycles. The summed E-state index contributed by atoms with van der Waals surface area (Å²) in [4.78, 5) is 21.6. The number of benzene rings is 2. The monoisotopic (exact) mass is 403 g/mol. The Morgan fingerprint density at radius 3 is 2.20 bits per heavy atom. The zero-order valence-corrected chi connectivity index (χ0v) is 17.2. The van der Waals surface area contributed by atoms with Crippen LogP contribution in [0.4, 0.5) is 5.69 Å². The standard InChI is InChI=1S/C24H25N3O3/c1-29-20-14-19(15-21(16-20)30-2)26-10-12-27(13-11-26)24(28)23-17-25-9-8-22(23)18-6-4-3-5-7-18/h3-9,14-17H,10-13H2,1-2H3. The van der Waals surface area contributed by atoms with Crippen LogP contribution in [0.15, 0.2) is 67.0 Å². The molecule has 0 atom stereocenters. The Bertz CT molecular complexity index is 993. The fraction of sp³-hybridized carbons (Fsp3) is 0.250. The molecular weight excluding hydrogens is 378 g/mol. The number of amides is 1. The number of rotatable bonds is 5. The summed E-state index contributed by atoms with van der Waals surface area (Å²) in [5.74, 6) is 1.53. The SMILES string of the molecule is COc1cc(OC)cc(N2CCN(C(=O)c3cnccc3-c3ccccc3)CC2)c1. The number of methoxy groups -OCH3 is 2. The van der Waals surface area contributed by atoms with E-state index in [1.807, 2.05) is 59.5 Å². The van der Waals surface area contributed by atoms with E-state index in [1.54, 1.807) is 26.6 Å². The summed E-state index contributed by atoms with van der Waals surface area (Å²) in [6.45, 7) is 2.76. The predicted octanol–water partition coefficient (Wildman–Crippen LogP) is 3.73. The second-order valence-corrected chi connectivity index (χ2v) is 7.14. The van der Waals surface area contributed by atoms with Crippen molar-refractivity contribution in [3.63, 3.8) is 0 Å². The Kier molecular flexibility index (Phi) is 5.84. The Hall–Kier alpha value is -3.54. The molecule has 6 heteroatoms. The predicted molar refractivity (Wildman–Crippen MR) is 117 cm³/mol. The molecule has 2 heterocycles. The van der Waals surface area contributed by atoms with Gasteiger partial charge >= 0.3 is 0 Å². The largest absolute Gasteiger partial charge is 0.497 e. The molecule has 0 saturated carbocycles. The van der Waals surface area contributed by atoms with Gasteiger partial charge in [0, 0.05) is 62.5 Å². The minimum Gasteiger partial charge on any atom is -0.497 e. The molecule has 3 aromatic rings. The summed E-state index contributed by atoms with van der Waals surface area (Å²) in [7, 11) is 3.29. The molecule has 0 radical (unpaired) electrons. The van der Waals surface area contributed by atoms with Gasteiger partial charge in [-0.1, -0.05) is 30.3 Å². The van der Waals surface area contributed by atoms with E-state index in [2.05, 4.69) is 9.88 Å². The van der Waals surface area contributed by atoms with Crippen molar-refractivity contribution in [2.45, 2.75) is 0 Å². The van der Waals surface area contributed by atoms with Crippen LogP contribution in [0.3, 0.4) is 0 Å². The van der Waals surface area contributed by atoms with E-state index in [0.29, 0.717) is 18.7 Å². The number of carbonyl (C=O) groups excluding carboxylic acids is 1. The van der Waals surface area contributed by atoms with Crippen LogP contribution in [0.5, 0.6) is 11.5 Å². The van der Waals surface area contributed by atoms with E-state index in [4.69, 9.17) is 9.47 Å². The topological polar surface area (TPSA) is 54.9 Å². The summed E-state index contributed by atoms with van der Waals surface area (Å²) in [6, 6.07) is 17.7. The van der Waals surface area contributed by atoms with Crippen molar-refractivity contribution in [2.24, 2.45) is 0 Å². The minimum atomic E-state index is 0.0184. The van der Waals surface area contributed by atoms with Crippen molar-refractivity contribution in [1.29, 1.82) is 0 Å². The van der Waals surface area contributed by atoms with E-state index in [-0.39, 0.29) is 5.91 Å². The number of aromatic nitrogens is 1. The Balaban J connectivity index is 1.50. The summed E-state index contributed by atoms with van der Waals surface area (Å²) in [5.41, 5.74) is 3.60. The molecule has 1 fully saturated rings. The number of pyridine rings is 1. The fourth-order valence-corrected chi connectivity index (χ4v) is 3.75. The van der Waals surface area contributed by atoms with Gasteiger partial charge < -0.3 is 19.3 Å². The van der Waals surface area contributed by atoms with Gasteiger partial charge in [-0.05, 0) is 17.2 Å². The van der Waals surface area contributed by atoms with Gasteiger partial charge in [-0.25, -0.2) is 0 Å². The Morgan fingerprint density at radius 1 is 0.900 bits per heavy atom. The molecule has 1 aliphatic rings. The molecule has 0 bridgehead atoms. The molecular formula is C24H25N3O3. The number of ether oxygens (including phenoxy) is 2. The molecule has 1 amide bonds. The number of piperazine rings is 1. The zero-order valence-electron chi connectivity index (χ0n) is 17.2. The molecule has 0 aliphatic carbocycles. The quantitative estimate of drug-likeness (QED) is 0.650. The first-order valence-electron chi connectivity index (χ1n) is 9.96. The van der Waals surface area contributed by atoms with Crippen molar-refractivity contribution < 1.29 is 14.3 Å². The van der Waals surface area contributed by atoms with Crippen LogP contribution in [0, 0.1) is 0 Å². The Labute approximate surface area is 176 Å². The first kappa shape index (κ1) is 19.8. The van der Waals surface area contributed by atoms with Crippen LogP contribution in [-0.2, 0) is 0 Å². The highest BCUT2D eigenvalue weighted by Gasteiger charge is 2.25. The third-order valence-corrected chi connectivity index (χ3v) is 5.40.